The van der Waals surface area contributed by atoms with Crippen molar-refractivity contribution in [2.24, 2.45) is 0 Å². The van der Waals surface area contributed by atoms with Crippen molar-refractivity contribution in [1.82, 2.24) is 0 Å². The van der Waals surface area contributed by atoms with Crippen molar-refractivity contribution in [2.75, 3.05) is 0 Å². The van der Waals surface area contributed by atoms with Gasteiger partial charge in [0.05, 0.1) is 0 Å². The van der Waals surface area contributed by atoms with E-state index in [2.05, 4.69) is 206 Å². The molecule has 13 aromatic carbocycles. The Morgan fingerprint density at radius 3 is 1.45 bits per heavy atom. The van der Waals surface area contributed by atoms with E-state index in [0.29, 0.717) is 0 Å². The average Bonchev–Trinajstić information content (AvgIpc) is 3.80. The van der Waals surface area contributed by atoms with Gasteiger partial charge in [-0.2, -0.15) is 0 Å². The van der Waals surface area contributed by atoms with E-state index >= 15 is 0 Å². The summed E-state index contributed by atoms with van der Waals surface area (Å²) in [5.41, 5.74) is 10.1. The summed E-state index contributed by atoms with van der Waals surface area (Å²) in [7, 11) is 0. The van der Waals surface area contributed by atoms with Gasteiger partial charge in [0, 0.05) is 0 Å². The number of benzene rings is 11. The van der Waals surface area contributed by atoms with Crippen molar-refractivity contribution >= 4 is 86.2 Å². The van der Waals surface area contributed by atoms with Gasteiger partial charge in [-0.1, -0.05) is 194 Å². The van der Waals surface area contributed by atoms with Gasteiger partial charge in [-0.3, -0.25) is 0 Å². The van der Waals surface area contributed by atoms with E-state index in [9.17, 15) is 0 Å². The summed E-state index contributed by atoms with van der Waals surface area (Å²) < 4.78 is 0. The number of hydrogen-bond acceptors (Lipinski definition) is 0. The average molecular weight is 731 g/mol. The Kier molecular flexibility index (Phi) is 6.54. The highest BCUT2D eigenvalue weighted by molar-refractivity contribution is 6.45. The van der Waals surface area contributed by atoms with Crippen LogP contribution in [0, 0.1) is 0 Å². The van der Waals surface area contributed by atoms with E-state index in [1.54, 1.807) is 0 Å². The fourth-order valence-electron chi connectivity index (χ4n) is 10.6. The van der Waals surface area contributed by atoms with E-state index in [4.69, 9.17) is 0 Å². The van der Waals surface area contributed by atoms with Gasteiger partial charge >= 0.3 is 0 Å². The van der Waals surface area contributed by atoms with Crippen molar-refractivity contribution in [1.29, 1.82) is 0 Å². The molecule has 0 aliphatic rings. The molecule has 0 unspecified atom stereocenters. The molecule has 0 heteroatoms. The molecule has 0 saturated carbocycles. The van der Waals surface area contributed by atoms with E-state index in [1.165, 1.54) is 131 Å². The van der Waals surface area contributed by atoms with Gasteiger partial charge in [0.25, 0.3) is 0 Å². The maximum atomic E-state index is 2.52. The van der Waals surface area contributed by atoms with Gasteiger partial charge in [-0.05, 0) is 143 Å². The molecule has 0 spiro atoms. The summed E-state index contributed by atoms with van der Waals surface area (Å²) in [5.74, 6) is 0. The topological polar surface area (TPSA) is 0 Å². The van der Waals surface area contributed by atoms with E-state index in [0.717, 1.165) is 0 Å². The molecule has 0 N–H and O–H groups in total. The summed E-state index contributed by atoms with van der Waals surface area (Å²) in [5, 5.41) is 21.0. The van der Waals surface area contributed by atoms with E-state index < -0.39 is 0 Å². The molecule has 0 saturated heterocycles. The lowest BCUT2D eigenvalue weighted by Gasteiger charge is -2.19. The minimum absolute atomic E-state index is 1.23. The molecular formula is C58H34. The van der Waals surface area contributed by atoms with Crippen LogP contribution >= 0.6 is 0 Å². The van der Waals surface area contributed by atoms with E-state index in [1.807, 2.05) is 0 Å². The molecule has 13 rings (SSSR count). The van der Waals surface area contributed by atoms with Crippen LogP contribution in [-0.2, 0) is 0 Å². The summed E-state index contributed by atoms with van der Waals surface area (Å²) in [6.45, 7) is 0. The molecule has 0 heterocycles. The summed E-state index contributed by atoms with van der Waals surface area (Å²) in [4.78, 5) is 0. The van der Waals surface area contributed by atoms with Crippen LogP contribution in [0.1, 0.15) is 0 Å². The van der Waals surface area contributed by atoms with Crippen molar-refractivity contribution in [2.45, 2.75) is 0 Å². The van der Waals surface area contributed by atoms with Crippen LogP contribution in [0.3, 0.4) is 0 Å². The Labute approximate surface area is 335 Å². The fraction of sp³-hybridized carbons (Fsp3) is 0. The minimum Gasteiger partial charge on any atom is -0.0622 e. The summed E-state index contributed by atoms with van der Waals surface area (Å²) >= 11 is 0. The predicted octanol–water partition coefficient (Wildman–Crippen LogP) is 16.5. The Morgan fingerprint density at radius 1 is 0.190 bits per heavy atom. The molecule has 266 valence electrons. The Hall–Kier alpha value is -7.54. The lowest BCUT2D eigenvalue weighted by molar-refractivity contribution is 1.64. The largest absolute Gasteiger partial charge is 0.0622 e. The molecule has 0 atom stereocenters. The third-order valence-electron chi connectivity index (χ3n) is 12.9. The van der Waals surface area contributed by atoms with Crippen molar-refractivity contribution in [3.63, 3.8) is 0 Å². The maximum absolute atomic E-state index is 2.52. The van der Waals surface area contributed by atoms with Crippen molar-refractivity contribution in [3.8, 4) is 44.5 Å². The van der Waals surface area contributed by atoms with Gasteiger partial charge in [-0.15, -0.1) is 0 Å². The molecule has 0 aromatic heterocycles. The Morgan fingerprint density at radius 2 is 0.707 bits per heavy atom. The highest BCUT2D eigenvalue weighted by Gasteiger charge is 2.27. The van der Waals surface area contributed by atoms with Crippen molar-refractivity contribution < 1.29 is 0 Å². The van der Waals surface area contributed by atoms with Crippen LogP contribution < -0.4 is 0 Å². The summed E-state index contributed by atoms with van der Waals surface area (Å²) in [6, 6.07) is 76.9. The highest BCUT2D eigenvalue weighted by Crippen LogP contribution is 2.55. The second kappa shape index (κ2) is 12.0. The monoisotopic (exact) mass is 730 g/mol. The van der Waals surface area contributed by atoms with Gasteiger partial charge in [0.2, 0.25) is 0 Å². The molecule has 0 aliphatic heterocycles. The van der Waals surface area contributed by atoms with Crippen LogP contribution in [0.4, 0.5) is 0 Å². The number of rotatable bonds is 4. The van der Waals surface area contributed by atoms with Crippen LogP contribution in [0.2, 0.25) is 0 Å². The highest BCUT2D eigenvalue weighted by atomic mass is 14.3. The lowest BCUT2D eigenvalue weighted by Crippen LogP contribution is -1.91. The zero-order valence-electron chi connectivity index (χ0n) is 31.6. The molecule has 58 heavy (non-hydrogen) atoms. The number of fused-ring (bicyclic) bond motifs is 9. The van der Waals surface area contributed by atoms with Gasteiger partial charge in [0.15, 0.2) is 0 Å². The number of hydrogen-bond donors (Lipinski definition) is 0. The predicted molar refractivity (Wildman–Crippen MR) is 251 cm³/mol. The first kappa shape index (κ1) is 31.6. The SMILES string of the molecule is c1ccc(-c2cccc3ccc(-c4ccc5c6c(-c7ccccc7)c7cc8c9ccccc9c9cccc(c7c(-c7ccccc7)c6c6cccc4c56)c98)cc23)cc1. The Balaban J connectivity index is 1.22. The standard InChI is InChI=1S/C58H34/c1-4-15-35(16-5-1)40-24-12-21-36-29-30-39(33-49(36)40)41-31-32-48-54-44(41)25-13-28-47(54)58-53(38-19-8-3-9-20-38)56-46-27-14-26-45-42-22-10-11-23-43(42)50(55(45)46)34-51(56)52(57(48)58)37-17-6-2-7-18-37/h1-34H. The van der Waals surface area contributed by atoms with Crippen LogP contribution in [0.5, 0.6) is 0 Å². The molecular weight excluding hydrogens is 697 g/mol. The fourth-order valence-corrected chi connectivity index (χ4v) is 10.6. The first-order valence-corrected chi connectivity index (χ1v) is 20.3. The first-order chi connectivity index (χ1) is 28.8. The second-order valence-electron chi connectivity index (χ2n) is 15.8. The molecule has 0 bridgehead atoms. The minimum atomic E-state index is 1.23. The third-order valence-corrected chi connectivity index (χ3v) is 12.9. The smallest absolute Gasteiger partial charge is 0.000719 e. The van der Waals surface area contributed by atoms with Gasteiger partial charge in [0.1, 0.15) is 0 Å². The Bertz CT molecular complexity index is 3750. The van der Waals surface area contributed by atoms with Crippen LogP contribution in [-0.4, -0.2) is 0 Å². The van der Waals surface area contributed by atoms with E-state index in [-0.39, 0.29) is 0 Å². The zero-order valence-corrected chi connectivity index (χ0v) is 31.6. The van der Waals surface area contributed by atoms with Gasteiger partial charge < -0.3 is 0 Å². The molecule has 0 aliphatic carbocycles. The lowest BCUT2D eigenvalue weighted by atomic mass is 9.84. The molecule has 13 aromatic rings. The zero-order chi connectivity index (χ0) is 37.9. The molecule has 0 fully saturated rings. The van der Waals surface area contributed by atoms with Crippen LogP contribution in [0.25, 0.3) is 131 Å². The first-order valence-electron chi connectivity index (χ1n) is 20.3. The maximum Gasteiger partial charge on any atom is -0.000719 e. The normalized spacial score (nSPS) is 12.1. The quantitative estimate of drug-likeness (QED) is 0.158. The third kappa shape index (κ3) is 4.29. The molecule has 0 radical (unpaired) electrons. The second-order valence-corrected chi connectivity index (χ2v) is 15.8. The molecule has 0 amide bonds. The summed E-state index contributed by atoms with van der Waals surface area (Å²) in [6.07, 6.45) is 0. The molecule has 0 nitrogen and oxygen atoms in total. The van der Waals surface area contributed by atoms with Crippen LogP contribution in [0.15, 0.2) is 206 Å². The van der Waals surface area contributed by atoms with Crippen molar-refractivity contribution in [3.05, 3.63) is 206 Å². The van der Waals surface area contributed by atoms with Gasteiger partial charge in [-0.25, -0.2) is 0 Å².